The van der Waals surface area contributed by atoms with Crippen molar-refractivity contribution in [2.45, 2.75) is 25.1 Å². The molecule has 0 spiro atoms. The highest BCUT2D eigenvalue weighted by Gasteiger charge is 2.32. The number of nitrogens with one attached hydrogen (secondary N) is 3. The fourth-order valence-electron chi connectivity index (χ4n) is 4.00. The SMILES string of the molecule is COc1cc(Br)cc(O)c1C(=O)NCC(F)(F)F.COc1cc(Br)cc(OC(F)F)c1C(=O)NCC(F)(F)F.COc1cc(Br)cc(OC)c1C(=O)NCC(F)(F)F. The summed E-state index contributed by atoms with van der Waals surface area (Å²) in [5.74, 6) is -4.30. The highest BCUT2D eigenvalue weighted by atomic mass is 79.9. The lowest BCUT2D eigenvalue weighted by atomic mass is 10.1. The van der Waals surface area contributed by atoms with Gasteiger partial charge in [-0.2, -0.15) is 48.3 Å². The van der Waals surface area contributed by atoms with Crippen LogP contribution in [0.5, 0.6) is 34.5 Å². The number of rotatable bonds is 12. The summed E-state index contributed by atoms with van der Waals surface area (Å²) >= 11 is 9.21. The van der Waals surface area contributed by atoms with Crippen molar-refractivity contribution in [3.05, 3.63) is 66.5 Å². The molecule has 0 fully saturated rings. The Morgan fingerprint density at radius 2 is 0.793 bits per heavy atom. The molecule has 3 amide bonds. The fourth-order valence-corrected chi connectivity index (χ4v) is 5.26. The summed E-state index contributed by atoms with van der Waals surface area (Å²) in [5.41, 5.74) is -0.979. The second kappa shape index (κ2) is 22.6. The summed E-state index contributed by atoms with van der Waals surface area (Å²) < 4.78 is 158. The van der Waals surface area contributed by atoms with Crippen molar-refractivity contribution in [2.75, 3.05) is 48.1 Å². The van der Waals surface area contributed by atoms with Crippen LogP contribution >= 0.6 is 47.8 Å². The molecule has 0 aliphatic carbocycles. The van der Waals surface area contributed by atoms with E-state index < -0.39 is 79.6 Å². The van der Waals surface area contributed by atoms with Gasteiger partial charge in [0.05, 0.1) is 28.4 Å². The zero-order chi connectivity index (χ0) is 44.8. The molecule has 0 heterocycles. The number of ether oxygens (including phenoxy) is 5. The highest BCUT2D eigenvalue weighted by Crippen LogP contribution is 2.35. The molecule has 0 bridgehead atoms. The molecule has 4 N–H and O–H groups in total. The van der Waals surface area contributed by atoms with Crippen LogP contribution in [-0.4, -0.2) is 96.0 Å². The maximum atomic E-state index is 12.3. The Balaban J connectivity index is 0.000000436. The van der Waals surface area contributed by atoms with Crippen LogP contribution in [0.15, 0.2) is 49.8 Å². The van der Waals surface area contributed by atoms with Crippen molar-refractivity contribution in [1.82, 2.24) is 16.0 Å². The van der Waals surface area contributed by atoms with Gasteiger partial charge >= 0.3 is 25.1 Å². The van der Waals surface area contributed by atoms with E-state index in [9.17, 15) is 67.8 Å². The monoisotopic (exact) mass is 1040 g/mol. The minimum atomic E-state index is -4.64. The molecule has 0 radical (unpaired) electrons. The largest absolute Gasteiger partial charge is 0.507 e. The number of methoxy groups -OCH3 is 4. The van der Waals surface area contributed by atoms with Crippen LogP contribution in [0, 0.1) is 0 Å². The predicted molar refractivity (Wildman–Crippen MR) is 192 cm³/mol. The Morgan fingerprint density at radius 1 is 0.534 bits per heavy atom. The quantitative estimate of drug-likeness (QED) is 0.131. The Hall–Kier alpha value is -4.46. The number of hydrogen-bond acceptors (Lipinski definition) is 9. The zero-order valence-corrected chi connectivity index (χ0v) is 34.4. The number of halogens is 14. The predicted octanol–water partition coefficient (Wildman–Crippen LogP) is 8.57. The van der Waals surface area contributed by atoms with Gasteiger partial charge in [0, 0.05) is 13.4 Å². The van der Waals surface area contributed by atoms with Gasteiger partial charge in [-0.15, -0.1) is 0 Å². The number of hydrogen-bond donors (Lipinski definition) is 4. The topological polar surface area (TPSA) is 154 Å². The number of benzene rings is 3. The highest BCUT2D eigenvalue weighted by molar-refractivity contribution is 9.11. The van der Waals surface area contributed by atoms with Gasteiger partial charge in [0.15, 0.2) is 0 Å². The van der Waals surface area contributed by atoms with Gasteiger partial charge in [-0.1, -0.05) is 47.8 Å². The normalized spacial score (nSPS) is 11.2. The van der Waals surface area contributed by atoms with E-state index >= 15 is 0 Å². The molecule has 3 aromatic rings. The minimum absolute atomic E-state index is 0.0263. The molecular weight excluding hydrogens is 1020 g/mol. The number of phenolic OH excluding ortho intramolecular Hbond substituents is 1. The Bertz CT molecular complexity index is 1860. The Morgan fingerprint density at radius 3 is 1.09 bits per heavy atom. The van der Waals surface area contributed by atoms with Crippen LogP contribution in [-0.2, 0) is 0 Å². The lowest BCUT2D eigenvalue weighted by Gasteiger charge is -2.15. The van der Waals surface area contributed by atoms with Gasteiger partial charge in [-0.3, -0.25) is 14.4 Å². The molecule has 0 aromatic heterocycles. The molecule has 324 valence electrons. The number of amides is 3. The molecule has 0 saturated heterocycles. The molecule has 0 aliphatic rings. The summed E-state index contributed by atoms with van der Waals surface area (Å²) in [6.07, 6.45) is -13.6. The summed E-state index contributed by atoms with van der Waals surface area (Å²) in [4.78, 5) is 35.1. The van der Waals surface area contributed by atoms with E-state index in [1.807, 2.05) is 0 Å². The first kappa shape index (κ1) is 51.6. The Labute approximate surface area is 346 Å². The molecule has 3 aromatic carbocycles. The molecule has 3 rings (SSSR count). The van der Waals surface area contributed by atoms with Crippen molar-refractivity contribution in [1.29, 1.82) is 0 Å². The van der Waals surface area contributed by atoms with E-state index in [0.717, 1.165) is 13.2 Å². The third-order valence-corrected chi connectivity index (χ3v) is 7.61. The van der Waals surface area contributed by atoms with E-state index in [2.05, 4.69) is 52.5 Å². The average molecular weight is 1050 g/mol. The minimum Gasteiger partial charge on any atom is -0.507 e. The summed E-state index contributed by atoms with van der Waals surface area (Å²) in [6.45, 7) is -7.77. The third-order valence-electron chi connectivity index (χ3n) is 6.23. The number of alkyl halides is 11. The van der Waals surface area contributed by atoms with Crippen molar-refractivity contribution in [3.63, 3.8) is 0 Å². The summed E-state index contributed by atoms with van der Waals surface area (Å²) in [7, 11) is 4.99. The van der Waals surface area contributed by atoms with E-state index in [0.29, 0.717) is 8.95 Å². The molecule has 58 heavy (non-hydrogen) atoms. The van der Waals surface area contributed by atoms with Crippen LogP contribution in [0.25, 0.3) is 0 Å². The molecule has 0 unspecified atom stereocenters. The van der Waals surface area contributed by atoms with Crippen molar-refractivity contribution in [2.24, 2.45) is 0 Å². The first-order valence-corrected chi connectivity index (χ1v) is 17.4. The van der Waals surface area contributed by atoms with Crippen molar-refractivity contribution < 1.29 is 91.5 Å². The van der Waals surface area contributed by atoms with Crippen LogP contribution in [0.4, 0.5) is 48.3 Å². The van der Waals surface area contributed by atoms with E-state index in [-0.39, 0.29) is 38.6 Å². The molecule has 0 aliphatic heterocycles. The van der Waals surface area contributed by atoms with Gasteiger partial charge in [-0.25, -0.2) is 0 Å². The van der Waals surface area contributed by atoms with Gasteiger partial charge in [0.25, 0.3) is 17.7 Å². The van der Waals surface area contributed by atoms with Gasteiger partial charge in [0.2, 0.25) is 0 Å². The third kappa shape index (κ3) is 18.0. The summed E-state index contributed by atoms with van der Waals surface area (Å²) in [5, 5.41) is 14.5. The maximum absolute atomic E-state index is 12.3. The van der Waals surface area contributed by atoms with Crippen LogP contribution in [0.2, 0.25) is 0 Å². The maximum Gasteiger partial charge on any atom is 0.405 e. The zero-order valence-electron chi connectivity index (χ0n) is 29.7. The fraction of sp³-hybridized carbons (Fsp3) is 0.344. The van der Waals surface area contributed by atoms with Crippen molar-refractivity contribution in [3.8, 4) is 34.5 Å². The molecule has 0 saturated carbocycles. The van der Waals surface area contributed by atoms with Gasteiger partial charge < -0.3 is 44.7 Å². The number of carbonyl (C=O) groups is 3. The summed E-state index contributed by atoms with van der Waals surface area (Å²) in [6, 6.07) is 7.74. The second-order valence-electron chi connectivity index (χ2n) is 10.4. The Kier molecular flexibility index (Phi) is 20.1. The van der Waals surface area contributed by atoms with Crippen molar-refractivity contribution >= 4 is 65.5 Å². The average Bonchev–Trinajstić information content (AvgIpc) is 3.10. The lowest BCUT2D eigenvalue weighted by Crippen LogP contribution is -2.34. The first-order valence-electron chi connectivity index (χ1n) is 15.0. The number of carbonyl (C=O) groups excluding carboxylic acids is 3. The first-order chi connectivity index (χ1) is 26.7. The van der Waals surface area contributed by atoms with Crippen LogP contribution in [0.1, 0.15) is 31.1 Å². The molecular formula is C32H29Br3F11N3O9. The number of phenols is 1. The van der Waals surface area contributed by atoms with E-state index in [1.54, 1.807) is 16.0 Å². The smallest absolute Gasteiger partial charge is 0.405 e. The molecule has 26 heteroatoms. The molecule has 0 atom stereocenters. The second-order valence-corrected chi connectivity index (χ2v) is 13.2. The van der Waals surface area contributed by atoms with Crippen LogP contribution in [0.3, 0.4) is 0 Å². The van der Waals surface area contributed by atoms with Gasteiger partial charge in [0.1, 0.15) is 70.8 Å². The van der Waals surface area contributed by atoms with Crippen LogP contribution < -0.4 is 39.6 Å². The molecule has 12 nitrogen and oxygen atoms in total. The number of aromatic hydroxyl groups is 1. The lowest BCUT2D eigenvalue weighted by molar-refractivity contribution is -0.123. The van der Waals surface area contributed by atoms with E-state index in [4.69, 9.17) is 18.9 Å². The van der Waals surface area contributed by atoms with E-state index in [1.165, 1.54) is 51.7 Å². The standard InChI is InChI=1S/C11H9BrF5NO3.C11H11BrF3NO3.C10H9BrF3NO3/c1-20-6-2-5(12)3-7(21-10(13)14)8(6)9(19)18-4-11(15,16)17;1-18-7-3-6(12)4-8(19-2)9(7)10(17)16-5-11(13,14)15;1-18-7-3-5(11)2-6(16)8(7)9(17)15-4-10(12,13)14/h2-3,10H,4H2,1H3,(H,18,19);3-4H,5H2,1-2H3,(H,16,17);2-3,16H,4H2,1H3,(H,15,17). The van der Waals surface area contributed by atoms with Gasteiger partial charge in [-0.05, 0) is 36.4 Å².